The lowest BCUT2D eigenvalue weighted by atomic mass is 10.2. The van der Waals surface area contributed by atoms with Crippen molar-refractivity contribution in [3.05, 3.63) is 53.0 Å². The number of nitrogens with one attached hydrogen (secondary N) is 1. The third-order valence-electron chi connectivity index (χ3n) is 3.10. The summed E-state index contributed by atoms with van der Waals surface area (Å²) in [5.41, 5.74) is 2.13. The largest absolute Gasteiger partial charge is 0.496 e. The molecule has 0 unspecified atom stereocenters. The monoisotopic (exact) mass is 298 g/mol. The van der Waals surface area contributed by atoms with Crippen molar-refractivity contribution in [3.63, 3.8) is 0 Å². The molecule has 5 heteroatoms. The van der Waals surface area contributed by atoms with Crippen molar-refractivity contribution in [2.45, 2.75) is 6.92 Å². The Balaban J connectivity index is 1.88. The van der Waals surface area contributed by atoms with E-state index in [1.165, 1.54) is 0 Å². The van der Waals surface area contributed by atoms with Crippen LogP contribution >= 0.6 is 11.3 Å². The number of aromatic nitrogens is 1. The fraction of sp³-hybridized carbons (Fsp3) is 0.125. The Kier molecular flexibility index (Phi) is 3.58. The van der Waals surface area contributed by atoms with E-state index in [0.717, 1.165) is 20.9 Å². The number of thiazole rings is 1. The number of methoxy groups -OCH3 is 1. The van der Waals surface area contributed by atoms with Crippen LogP contribution in [-0.4, -0.2) is 18.0 Å². The van der Waals surface area contributed by atoms with Crippen molar-refractivity contribution < 1.29 is 9.53 Å². The summed E-state index contributed by atoms with van der Waals surface area (Å²) in [6.07, 6.45) is 0. The van der Waals surface area contributed by atoms with Gasteiger partial charge in [-0.1, -0.05) is 12.1 Å². The molecule has 2 aromatic carbocycles. The summed E-state index contributed by atoms with van der Waals surface area (Å²) in [6.45, 7) is 1.97. The van der Waals surface area contributed by atoms with E-state index in [1.54, 1.807) is 30.6 Å². The molecule has 3 rings (SSSR count). The fourth-order valence-electron chi connectivity index (χ4n) is 2.15. The van der Waals surface area contributed by atoms with E-state index in [2.05, 4.69) is 10.3 Å². The molecule has 1 heterocycles. The second-order valence-electron chi connectivity index (χ2n) is 4.57. The van der Waals surface area contributed by atoms with Crippen LogP contribution in [0.3, 0.4) is 0 Å². The molecule has 0 aliphatic heterocycles. The van der Waals surface area contributed by atoms with Gasteiger partial charge in [-0.15, -0.1) is 11.3 Å². The predicted molar refractivity (Wildman–Crippen MR) is 85.3 cm³/mol. The summed E-state index contributed by atoms with van der Waals surface area (Å²) in [5.74, 6) is 0.360. The fourth-order valence-corrected chi connectivity index (χ4v) is 2.96. The van der Waals surface area contributed by atoms with Crippen LogP contribution in [-0.2, 0) is 0 Å². The number of anilines is 1. The van der Waals surface area contributed by atoms with E-state index in [0.29, 0.717) is 11.3 Å². The second kappa shape index (κ2) is 5.54. The molecule has 0 saturated carbocycles. The van der Waals surface area contributed by atoms with E-state index in [1.807, 2.05) is 37.3 Å². The molecule has 1 amide bonds. The van der Waals surface area contributed by atoms with Crippen LogP contribution in [0.5, 0.6) is 5.75 Å². The van der Waals surface area contributed by atoms with Gasteiger partial charge in [0.25, 0.3) is 5.91 Å². The quantitative estimate of drug-likeness (QED) is 0.798. The molecule has 1 aromatic heterocycles. The third kappa shape index (κ3) is 2.73. The van der Waals surface area contributed by atoms with Crippen molar-refractivity contribution in [1.82, 2.24) is 4.98 Å². The summed E-state index contributed by atoms with van der Waals surface area (Å²) in [6, 6.07) is 12.9. The molecule has 106 valence electrons. The summed E-state index contributed by atoms with van der Waals surface area (Å²) >= 11 is 1.64. The van der Waals surface area contributed by atoms with Crippen LogP contribution < -0.4 is 10.1 Å². The van der Waals surface area contributed by atoms with E-state index < -0.39 is 0 Å². The number of hydrogen-bond donors (Lipinski definition) is 1. The van der Waals surface area contributed by atoms with Crippen molar-refractivity contribution in [1.29, 1.82) is 0 Å². The molecular weight excluding hydrogens is 284 g/mol. The van der Waals surface area contributed by atoms with Gasteiger partial charge in [-0.3, -0.25) is 4.79 Å². The molecular formula is C16H14N2O2S. The van der Waals surface area contributed by atoms with Gasteiger partial charge in [0, 0.05) is 5.69 Å². The highest BCUT2D eigenvalue weighted by Crippen LogP contribution is 2.25. The first-order valence-electron chi connectivity index (χ1n) is 6.49. The predicted octanol–water partition coefficient (Wildman–Crippen LogP) is 3.87. The molecule has 0 saturated heterocycles. The van der Waals surface area contributed by atoms with Gasteiger partial charge in [-0.2, -0.15) is 0 Å². The van der Waals surface area contributed by atoms with Gasteiger partial charge >= 0.3 is 0 Å². The highest BCUT2D eigenvalue weighted by Gasteiger charge is 2.12. The van der Waals surface area contributed by atoms with Crippen LogP contribution in [0.2, 0.25) is 0 Å². The van der Waals surface area contributed by atoms with Gasteiger partial charge in [0.15, 0.2) is 0 Å². The Morgan fingerprint density at radius 3 is 2.86 bits per heavy atom. The number of nitrogens with zero attached hydrogens (tertiary/aromatic N) is 1. The van der Waals surface area contributed by atoms with Crippen LogP contribution in [0.25, 0.3) is 10.2 Å². The highest BCUT2D eigenvalue weighted by atomic mass is 32.1. The number of para-hydroxylation sites is 1. The Hall–Kier alpha value is -2.40. The van der Waals surface area contributed by atoms with Gasteiger partial charge < -0.3 is 10.1 Å². The lowest BCUT2D eigenvalue weighted by molar-refractivity contribution is 0.102. The van der Waals surface area contributed by atoms with E-state index in [-0.39, 0.29) is 5.91 Å². The minimum Gasteiger partial charge on any atom is -0.496 e. The van der Waals surface area contributed by atoms with Crippen molar-refractivity contribution in [3.8, 4) is 5.75 Å². The topological polar surface area (TPSA) is 51.2 Å². The molecule has 0 aliphatic rings. The average Bonchev–Trinajstić information content (AvgIpc) is 2.86. The summed E-state index contributed by atoms with van der Waals surface area (Å²) in [5, 5.41) is 3.89. The Morgan fingerprint density at radius 1 is 1.24 bits per heavy atom. The SMILES string of the molecule is COc1ccccc1C(=O)Nc1ccc2sc(C)nc2c1. The number of carbonyl (C=O) groups excluding carboxylic acids is 1. The maximum absolute atomic E-state index is 12.3. The van der Waals surface area contributed by atoms with Crippen LogP contribution in [0.15, 0.2) is 42.5 Å². The molecule has 4 nitrogen and oxygen atoms in total. The number of aryl methyl sites for hydroxylation is 1. The van der Waals surface area contributed by atoms with Gasteiger partial charge in [-0.05, 0) is 37.3 Å². The number of fused-ring (bicyclic) bond motifs is 1. The third-order valence-corrected chi connectivity index (χ3v) is 4.06. The first-order valence-corrected chi connectivity index (χ1v) is 7.30. The molecule has 0 atom stereocenters. The number of benzene rings is 2. The minimum absolute atomic E-state index is 0.196. The molecule has 0 aliphatic carbocycles. The summed E-state index contributed by atoms with van der Waals surface area (Å²) < 4.78 is 6.32. The van der Waals surface area contributed by atoms with Crippen molar-refractivity contribution in [2.75, 3.05) is 12.4 Å². The van der Waals surface area contributed by atoms with E-state index in [9.17, 15) is 4.79 Å². The summed E-state index contributed by atoms with van der Waals surface area (Å²) in [4.78, 5) is 16.8. The van der Waals surface area contributed by atoms with Gasteiger partial charge in [0.05, 0.1) is 27.9 Å². The van der Waals surface area contributed by atoms with Crippen LogP contribution in [0.1, 0.15) is 15.4 Å². The molecule has 0 radical (unpaired) electrons. The number of amides is 1. The zero-order chi connectivity index (χ0) is 14.8. The van der Waals surface area contributed by atoms with Gasteiger partial charge in [0.2, 0.25) is 0 Å². The first kappa shape index (κ1) is 13.6. The number of carbonyl (C=O) groups is 1. The van der Waals surface area contributed by atoms with Crippen molar-refractivity contribution in [2.24, 2.45) is 0 Å². The Bertz CT molecular complexity index is 811. The van der Waals surface area contributed by atoms with E-state index >= 15 is 0 Å². The number of ether oxygens (including phenoxy) is 1. The molecule has 0 spiro atoms. The lowest BCUT2D eigenvalue weighted by Gasteiger charge is -2.09. The second-order valence-corrected chi connectivity index (χ2v) is 5.80. The summed E-state index contributed by atoms with van der Waals surface area (Å²) in [7, 11) is 1.55. The molecule has 1 N–H and O–H groups in total. The Labute approximate surface area is 126 Å². The number of hydrogen-bond acceptors (Lipinski definition) is 4. The Morgan fingerprint density at radius 2 is 2.05 bits per heavy atom. The zero-order valence-electron chi connectivity index (χ0n) is 11.7. The molecule has 21 heavy (non-hydrogen) atoms. The smallest absolute Gasteiger partial charge is 0.259 e. The first-order chi connectivity index (χ1) is 10.2. The lowest BCUT2D eigenvalue weighted by Crippen LogP contribution is -2.12. The standard InChI is InChI=1S/C16H14N2O2S/c1-10-17-13-9-11(7-8-15(13)21-10)18-16(19)12-5-3-4-6-14(12)20-2/h3-9H,1-2H3,(H,18,19). The maximum atomic E-state index is 12.3. The van der Waals surface area contributed by atoms with E-state index in [4.69, 9.17) is 4.74 Å². The molecule has 0 bridgehead atoms. The highest BCUT2D eigenvalue weighted by molar-refractivity contribution is 7.18. The van der Waals surface area contributed by atoms with Gasteiger partial charge in [0.1, 0.15) is 5.75 Å². The molecule has 0 fully saturated rings. The minimum atomic E-state index is -0.196. The molecule has 3 aromatic rings. The average molecular weight is 298 g/mol. The van der Waals surface area contributed by atoms with Crippen LogP contribution in [0.4, 0.5) is 5.69 Å². The zero-order valence-corrected chi connectivity index (χ0v) is 12.5. The number of rotatable bonds is 3. The maximum Gasteiger partial charge on any atom is 0.259 e. The van der Waals surface area contributed by atoms with Crippen molar-refractivity contribution >= 4 is 33.1 Å². The van der Waals surface area contributed by atoms with Gasteiger partial charge in [-0.25, -0.2) is 4.98 Å². The van der Waals surface area contributed by atoms with Crippen LogP contribution in [0, 0.1) is 6.92 Å². The normalized spacial score (nSPS) is 10.6.